The highest BCUT2D eigenvalue weighted by atomic mass is 19.1. The monoisotopic (exact) mass is 264 g/mol. The fraction of sp³-hybridized carbons (Fsp3) is 0.429. The van der Waals surface area contributed by atoms with Gasteiger partial charge in [-0.15, -0.1) is 0 Å². The number of benzene rings is 1. The Morgan fingerprint density at radius 2 is 2.11 bits per heavy atom. The van der Waals surface area contributed by atoms with Gasteiger partial charge in [-0.25, -0.2) is 4.39 Å². The number of amides is 2. The molecule has 1 aromatic carbocycles. The van der Waals surface area contributed by atoms with Crippen LogP contribution in [0.4, 0.5) is 4.39 Å². The molecule has 1 saturated heterocycles. The van der Waals surface area contributed by atoms with Gasteiger partial charge in [0.05, 0.1) is 0 Å². The minimum Gasteiger partial charge on any atom is -0.352 e. The van der Waals surface area contributed by atoms with Crippen molar-refractivity contribution in [3.8, 4) is 0 Å². The van der Waals surface area contributed by atoms with Crippen molar-refractivity contribution in [1.29, 1.82) is 0 Å². The Kier molecular flexibility index (Phi) is 3.30. The Balaban J connectivity index is 2.35. The SMILES string of the molecule is Cc1cc(F)ccc1C(=O)N1CCNC(=O)C1(C)C. The third-order valence-electron chi connectivity index (χ3n) is 3.52. The summed E-state index contributed by atoms with van der Waals surface area (Å²) in [5, 5.41) is 2.74. The molecule has 0 aromatic heterocycles. The van der Waals surface area contributed by atoms with E-state index >= 15 is 0 Å². The first-order chi connectivity index (χ1) is 8.84. The maximum atomic E-state index is 13.1. The van der Waals surface area contributed by atoms with E-state index in [0.29, 0.717) is 24.2 Å². The zero-order valence-electron chi connectivity index (χ0n) is 11.3. The lowest BCUT2D eigenvalue weighted by Gasteiger charge is -2.41. The van der Waals surface area contributed by atoms with E-state index in [9.17, 15) is 14.0 Å². The Bertz CT molecular complexity index is 540. The topological polar surface area (TPSA) is 49.4 Å². The summed E-state index contributed by atoms with van der Waals surface area (Å²) in [4.78, 5) is 25.9. The Hall–Kier alpha value is -1.91. The average molecular weight is 264 g/mol. The zero-order chi connectivity index (χ0) is 14.2. The van der Waals surface area contributed by atoms with Gasteiger partial charge >= 0.3 is 0 Å². The number of hydrogen-bond donors (Lipinski definition) is 1. The second kappa shape index (κ2) is 4.64. The van der Waals surface area contributed by atoms with Crippen molar-refractivity contribution in [2.45, 2.75) is 26.3 Å². The normalized spacial score (nSPS) is 18.1. The van der Waals surface area contributed by atoms with Crippen LogP contribution in [0, 0.1) is 12.7 Å². The van der Waals surface area contributed by atoms with Crippen LogP contribution in [0.2, 0.25) is 0 Å². The number of nitrogens with one attached hydrogen (secondary N) is 1. The van der Waals surface area contributed by atoms with Gasteiger partial charge in [0.15, 0.2) is 0 Å². The van der Waals surface area contributed by atoms with Crippen LogP contribution < -0.4 is 5.32 Å². The molecule has 5 heteroatoms. The van der Waals surface area contributed by atoms with Gasteiger partial charge in [0, 0.05) is 18.7 Å². The molecule has 0 aliphatic carbocycles. The Morgan fingerprint density at radius 3 is 2.74 bits per heavy atom. The van der Waals surface area contributed by atoms with Gasteiger partial charge in [0.1, 0.15) is 11.4 Å². The second-order valence-corrected chi connectivity index (χ2v) is 5.23. The van der Waals surface area contributed by atoms with Crippen molar-refractivity contribution in [3.05, 3.63) is 35.1 Å². The summed E-state index contributed by atoms with van der Waals surface area (Å²) < 4.78 is 13.1. The van der Waals surface area contributed by atoms with E-state index in [2.05, 4.69) is 5.32 Å². The molecule has 19 heavy (non-hydrogen) atoms. The molecular formula is C14H17FN2O2. The highest BCUT2D eigenvalue weighted by molar-refractivity contribution is 6.00. The van der Waals surface area contributed by atoms with Crippen molar-refractivity contribution < 1.29 is 14.0 Å². The molecule has 0 saturated carbocycles. The van der Waals surface area contributed by atoms with Crippen LogP contribution in [0.1, 0.15) is 29.8 Å². The number of halogens is 1. The maximum absolute atomic E-state index is 13.1. The van der Waals surface area contributed by atoms with Crippen molar-refractivity contribution >= 4 is 11.8 Å². The van der Waals surface area contributed by atoms with Crippen LogP contribution in [-0.2, 0) is 4.79 Å². The molecule has 0 atom stereocenters. The van der Waals surface area contributed by atoms with Crippen molar-refractivity contribution in [3.63, 3.8) is 0 Å². The molecule has 0 radical (unpaired) electrons. The summed E-state index contributed by atoms with van der Waals surface area (Å²) in [6, 6.07) is 4.05. The average Bonchev–Trinajstić information content (AvgIpc) is 2.32. The smallest absolute Gasteiger partial charge is 0.255 e. The summed E-state index contributed by atoms with van der Waals surface area (Å²) in [6.45, 7) is 5.99. The largest absolute Gasteiger partial charge is 0.352 e. The first kappa shape index (κ1) is 13.5. The molecule has 102 valence electrons. The van der Waals surface area contributed by atoms with Crippen molar-refractivity contribution in [2.75, 3.05) is 13.1 Å². The van der Waals surface area contributed by atoms with Gasteiger partial charge in [0.2, 0.25) is 5.91 Å². The molecule has 2 rings (SSSR count). The van der Waals surface area contributed by atoms with Crippen LogP contribution >= 0.6 is 0 Å². The molecule has 1 N–H and O–H groups in total. The van der Waals surface area contributed by atoms with E-state index < -0.39 is 5.54 Å². The van der Waals surface area contributed by atoms with Gasteiger partial charge in [-0.3, -0.25) is 9.59 Å². The summed E-state index contributed by atoms with van der Waals surface area (Å²) in [7, 11) is 0. The van der Waals surface area contributed by atoms with E-state index in [1.165, 1.54) is 23.1 Å². The van der Waals surface area contributed by atoms with Gasteiger partial charge in [0.25, 0.3) is 5.91 Å². The van der Waals surface area contributed by atoms with Gasteiger partial charge in [-0.2, -0.15) is 0 Å². The van der Waals surface area contributed by atoms with Crippen LogP contribution in [0.3, 0.4) is 0 Å². The number of hydrogen-bond acceptors (Lipinski definition) is 2. The summed E-state index contributed by atoms with van der Waals surface area (Å²) in [5.74, 6) is -0.783. The van der Waals surface area contributed by atoms with E-state index in [0.717, 1.165) is 0 Å². The van der Waals surface area contributed by atoms with Gasteiger partial charge < -0.3 is 10.2 Å². The number of piperazine rings is 1. The molecule has 1 fully saturated rings. The lowest BCUT2D eigenvalue weighted by atomic mass is 9.96. The molecule has 1 aliphatic rings. The van der Waals surface area contributed by atoms with Crippen LogP contribution in [0.25, 0.3) is 0 Å². The first-order valence-corrected chi connectivity index (χ1v) is 6.20. The first-order valence-electron chi connectivity index (χ1n) is 6.20. The lowest BCUT2D eigenvalue weighted by Crippen LogP contribution is -2.63. The second-order valence-electron chi connectivity index (χ2n) is 5.23. The van der Waals surface area contributed by atoms with Gasteiger partial charge in [-0.1, -0.05) is 0 Å². The minimum absolute atomic E-state index is 0.174. The molecule has 1 heterocycles. The molecule has 0 bridgehead atoms. The van der Waals surface area contributed by atoms with E-state index in [1.54, 1.807) is 20.8 Å². The summed E-state index contributed by atoms with van der Waals surface area (Å²) in [5.41, 5.74) is 0.117. The molecule has 1 aromatic rings. The summed E-state index contributed by atoms with van der Waals surface area (Å²) in [6.07, 6.45) is 0. The molecular weight excluding hydrogens is 247 g/mol. The van der Waals surface area contributed by atoms with Crippen molar-refractivity contribution in [1.82, 2.24) is 10.2 Å². The standard InChI is InChI=1S/C14H17FN2O2/c1-9-8-10(15)4-5-11(9)12(18)17-7-6-16-13(19)14(17,2)3/h4-5,8H,6-7H2,1-3H3,(H,16,19). The zero-order valence-corrected chi connectivity index (χ0v) is 11.3. The number of nitrogens with zero attached hydrogens (tertiary/aromatic N) is 1. The van der Waals surface area contributed by atoms with Crippen LogP contribution in [0.15, 0.2) is 18.2 Å². The number of carbonyl (C=O) groups excluding carboxylic acids is 2. The highest BCUT2D eigenvalue weighted by Gasteiger charge is 2.40. The van der Waals surface area contributed by atoms with Gasteiger partial charge in [-0.05, 0) is 44.5 Å². The number of aryl methyl sites for hydroxylation is 1. The number of rotatable bonds is 1. The highest BCUT2D eigenvalue weighted by Crippen LogP contribution is 2.22. The third kappa shape index (κ3) is 2.32. The quantitative estimate of drug-likeness (QED) is 0.835. The molecule has 1 aliphatic heterocycles. The fourth-order valence-electron chi connectivity index (χ4n) is 2.27. The fourth-order valence-corrected chi connectivity index (χ4v) is 2.27. The predicted octanol–water partition coefficient (Wildman–Crippen LogP) is 1.48. The molecule has 0 spiro atoms. The van der Waals surface area contributed by atoms with Crippen LogP contribution in [-0.4, -0.2) is 35.3 Å². The molecule has 4 nitrogen and oxygen atoms in total. The Labute approximate surface area is 111 Å². The minimum atomic E-state index is -0.893. The van der Waals surface area contributed by atoms with E-state index in [4.69, 9.17) is 0 Å². The Morgan fingerprint density at radius 1 is 1.42 bits per heavy atom. The van der Waals surface area contributed by atoms with Crippen molar-refractivity contribution in [2.24, 2.45) is 0 Å². The summed E-state index contributed by atoms with van der Waals surface area (Å²) >= 11 is 0. The van der Waals surface area contributed by atoms with E-state index in [1.807, 2.05) is 0 Å². The maximum Gasteiger partial charge on any atom is 0.255 e. The van der Waals surface area contributed by atoms with Crippen LogP contribution in [0.5, 0.6) is 0 Å². The van der Waals surface area contributed by atoms with E-state index in [-0.39, 0.29) is 17.6 Å². The predicted molar refractivity (Wildman–Crippen MR) is 69.3 cm³/mol. The molecule has 2 amide bonds. The third-order valence-corrected chi connectivity index (χ3v) is 3.52. The number of carbonyl (C=O) groups is 2. The molecule has 0 unspecified atom stereocenters. The lowest BCUT2D eigenvalue weighted by molar-refractivity contribution is -0.133.